The molecule has 1 aromatic carbocycles. The minimum atomic E-state index is 0.740. The van der Waals surface area contributed by atoms with Crippen LogP contribution in [0.5, 0.6) is 0 Å². The lowest BCUT2D eigenvalue weighted by Crippen LogP contribution is -2.15. The minimum Gasteiger partial charge on any atom is -0.385 e. The first-order valence-electron chi connectivity index (χ1n) is 7.28. The molecule has 0 radical (unpaired) electrons. The van der Waals surface area contributed by atoms with Crippen molar-refractivity contribution in [1.29, 1.82) is 0 Å². The van der Waals surface area contributed by atoms with Crippen molar-refractivity contribution >= 4 is 26.8 Å². The molecule has 108 valence electrons. The SMILES string of the molecule is COCCCn1cc(CNC2CC2)c2c(Br)cccc21. The van der Waals surface area contributed by atoms with Gasteiger partial charge in [-0.1, -0.05) is 22.0 Å². The van der Waals surface area contributed by atoms with Crippen molar-refractivity contribution in [3.05, 3.63) is 34.4 Å². The molecule has 1 saturated carbocycles. The Labute approximate surface area is 128 Å². The summed E-state index contributed by atoms with van der Waals surface area (Å²) in [5, 5.41) is 4.96. The summed E-state index contributed by atoms with van der Waals surface area (Å²) < 4.78 is 8.70. The van der Waals surface area contributed by atoms with Crippen LogP contribution in [0, 0.1) is 0 Å². The van der Waals surface area contributed by atoms with E-state index in [0.717, 1.165) is 32.2 Å². The quantitative estimate of drug-likeness (QED) is 0.780. The Hall–Kier alpha value is -0.840. The van der Waals surface area contributed by atoms with E-state index in [9.17, 15) is 0 Å². The van der Waals surface area contributed by atoms with Crippen molar-refractivity contribution in [3.8, 4) is 0 Å². The molecule has 1 aliphatic carbocycles. The van der Waals surface area contributed by atoms with Crippen LogP contribution >= 0.6 is 15.9 Å². The molecular weight excluding hydrogens is 316 g/mol. The van der Waals surface area contributed by atoms with Crippen molar-refractivity contribution in [2.45, 2.75) is 38.4 Å². The van der Waals surface area contributed by atoms with Crippen LogP contribution in [0.2, 0.25) is 0 Å². The lowest BCUT2D eigenvalue weighted by Gasteiger charge is -2.04. The van der Waals surface area contributed by atoms with E-state index < -0.39 is 0 Å². The van der Waals surface area contributed by atoms with E-state index in [2.05, 4.69) is 50.2 Å². The summed E-state index contributed by atoms with van der Waals surface area (Å²) in [5.74, 6) is 0. The van der Waals surface area contributed by atoms with Gasteiger partial charge in [0.15, 0.2) is 0 Å². The lowest BCUT2D eigenvalue weighted by molar-refractivity contribution is 0.190. The highest BCUT2D eigenvalue weighted by Crippen LogP contribution is 2.30. The second-order valence-corrected chi connectivity index (χ2v) is 6.34. The lowest BCUT2D eigenvalue weighted by atomic mass is 10.2. The average molecular weight is 337 g/mol. The third kappa shape index (κ3) is 3.08. The Morgan fingerprint density at radius 2 is 2.25 bits per heavy atom. The highest BCUT2D eigenvalue weighted by atomic mass is 79.9. The number of halogens is 1. The normalized spacial score (nSPS) is 15.1. The Balaban J connectivity index is 1.87. The summed E-state index contributed by atoms with van der Waals surface area (Å²) >= 11 is 3.70. The van der Waals surface area contributed by atoms with E-state index in [1.807, 2.05) is 0 Å². The van der Waals surface area contributed by atoms with Gasteiger partial charge >= 0.3 is 0 Å². The Kier molecular flexibility index (Phi) is 4.44. The molecule has 0 atom stereocenters. The molecular formula is C16H21BrN2O. The topological polar surface area (TPSA) is 26.2 Å². The van der Waals surface area contributed by atoms with Gasteiger partial charge in [-0.25, -0.2) is 0 Å². The van der Waals surface area contributed by atoms with E-state index in [-0.39, 0.29) is 0 Å². The van der Waals surface area contributed by atoms with Gasteiger partial charge in [0.1, 0.15) is 0 Å². The second kappa shape index (κ2) is 6.29. The second-order valence-electron chi connectivity index (χ2n) is 5.48. The molecule has 0 bridgehead atoms. The molecule has 0 unspecified atom stereocenters. The molecule has 0 spiro atoms. The highest BCUT2D eigenvalue weighted by Gasteiger charge is 2.21. The maximum Gasteiger partial charge on any atom is 0.0495 e. The monoisotopic (exact) mass is 336 g/mol. The molecule has 3 rings (SSSR count). The van der Waals surface area contributed by atoms with Gasteiger partial charge in [-0.2, -0.15) is 0 Å². The molecule has 0 saturated heterocycles. The van der Waals surface area contributed by atoms with Crippen molar-refractivity contribution < 1.29 is 4.74 Å². The Morgan fingerprint density at radius 3 is 3.00 bits per heavy atom. The highest BCUT2D eigenvalue weighted by molar-refractivity contribution is 9.10. The minimum absolute atomic E-state index is 0.740. The summed E-state index contributed by atoms with van der Waals surface area (Å²) in [6, 6.07) is 7.18. The van der Waals surface area contributed by atoms with E-state index in [4.69, 9.17) is 4.74 Å². The van der Waals surface area contributed by atoms with E-state index in [1.54, 1.807) is 7.11 Å². The zero-order chi connectivity index (χ0) is 13.9. The summed E-state index contributed by atoms with van der Waals surface area (Å²) in [7, 11) is 1.76. The van der Waals surface area contributed by atoms with Crippen molar-refractivity contribution in [1.82, 2.24) is 9.88 Å². The van der Waals surface area contributed by atoms with E-state index in [0.29, 0.717) is 0 Å². The molecule has 0 amide bonds. The van der Waals surface area contributed by atoms with Gasteiger partial charge in [-0.3, -0.25) is 0 Å². The first-order valence-corrected chi connectivity index (χ1v) is 8.07. The van der Waals surface area contributed by atoms with Gasteiger partial charge in [0.2, 0.25) is 0 Å². The zero-order valence-electron chi connectivity index (χ0n) is 11.9. The van der Waals surface area contributed by atoms with Gasteiger partial charge in [-0.15, -0.1) is 0 Å². The summed E-state index contributed by atoms with van der Waals surface area (Å²) in [6.07, 6.45) is 5.99. The molecule has 1 aliphatic rings. The van der Waals surface area contributed by atoms with Crippen LogP contribution in [0.25, 0.3) is 10.9 Å². The van der Waals surface area contributed by atoms with E-state index >= 15 is 0 Å². The Bertz CT molecular complexity index is 589. The number of rotatable bonds is 7. The predicted octanol–water partition coefficient (Wildman–Crippen LogP) is 3.69. The number of fused-ring (bicyclic) bond motifs is 1. The van der Waals surface area contributed by atoms with Gasteiger partial charge in [0.05, 0.1) is 0 Å². The fraction of sp³-hybridized carbons (Fsp3) is 0.500. The van der Waals surface area contributed by atoms with Crippen LogP contribution in [-0.2, 0) is 17.8 Å². The van der Waals surface area contributed by atoms with Crippen LogP contribution in [0.15, 0.2) is 28.9 Å². The number of nitrogens with one attached hydrogen (secondary N) is 1. The summed E-state index contributed by atoms with van der Waals surface area (Å²) in [5.41, 5.74) is 2.69. The number of ether oxygens (including phenoxy) is 1. The standard InChI is InChI=1S/C16H21BrN2O/c1-20-9-3-8-19-11-12(10-18-13-6-7-13)16-14(17)4-2-5-15(16)19/h2,4-5,11,13,18H,3,6-10H2,1H3. The maximum absolute atomic E-state index is 5.16. The maximum atomic E-state index is 5.16. The fourth-order valence-corrected chi connectivity index (χ4v) is 3.24. The number of methoxy groups -OCH3 is 1. The number of aryl methyl sites for hydroxylation is 1. The Morgan fingerprint density at radius 1 is 1.40 bits per heavy atom. The molecule has 20 heavy (non-hydrogen) atoms. The summed E-state index contributed by atoms with van der Waals surface area (Å²) in [6.45, 7) is 2.77. The van der Waals surface area contributed by atoms with E-state index in [1.165, 1.54) is 33.8 Å². The molecule has 1 aromatic heterocycles. The molecule has 3 nitrogen and oxygen atoms in total. The van der Waals surface area contributed by atoms with Gasteiger partial charge in [0.25, 0.3) is 0 Å². The van der Waals surface area contributed by atoms with Crippen LogP contribution < -0.4 is 5.32 Å². The molecule has 1 fully saturated rings. The van der Waals surface area contributed by atoms with Crippen LogP contribution in [0.3, 0.4) is 0 Å². The van der Waals surface area contributed by atoms with Crippen molar-refractivity contribution in [3.63, 3.8) is 0 Å². The fourth-order valence-electron chi connectivity index (χ4n) is 2.63. The molecule has 1 N–H and O–H groups in total. The number of nitrogens with zero attached hydrogens (tertiary/aromatic N) is 1. The number of hydrogen-bond acceptors (Lipinski definition) is 2. The molecule has 0 aliphatic heterocycles. The smallest absolute Gasteiger partial charge is 0.0495 e. The predicted molar refractivity (Wildman–Crippen MR) is 86.0 cm³/mol. The van der Waals surface area contributed by atoms with Gasteiger partial charge < -0.3 is 14.6 Å². The molecule has 1 heterocycles. The third-order valence-corrected chi connectivity index (χ3v) is 4.50. The molecule has 2 aromatic rings. The van der Waals surface area contributed by atoms with Crippen LogP contribution in [0.4, 0.5) is 0 Å². The van der Waals surface area contributed by atoms with Crippen LogP contribution in [-0.4, -0.2) is 24.3 Å². The van der Waals surface area contributed by atoms with Crippen molar-refractivity contribution in [2.75, 3.05) is 13.7 Å². The first kappa shape index (κ1) is 14.1. The number of aromatic nitrogens is 1. The number of benzene rings is 1. The zero-order valence-corrected chi connectivity index (χ0v) is 13.4. The van der Waals surface area contributed by atoms with Gasteiger partial charge in [-0.05, 0) is 37.0 Å². The largest absolute Gasteiger partial charge is 0.385 e. The average Bonchev–Trinajstić information content (AvgIpc) is 3.20. The first-order chi connectivity index (χ1) is 9.79. The molecule has 4 heteroatoms. The van der Waals surface area contributed by atoms with Crippen LogP contribution in [0.1, 0.15) is 24.8 Å². The van der Waals surface area contributed by atoms with Gasteiger partial charge in [0, 0.05) is 54.4 Å². The summed E-state index contributed by atoms with van der Waals surface area (Å²) in [4.78, 5) is 0. The number of hydrogen-bond donors (Lipinski definition) is 1. The van der Waals surface area contributed by atoms with Crippen molar-refractivity contribution in [2.24, 2.45) is 0 Å². The third-order valence-electron chi connectivity index (χ3n) is 3.84.